The summed E-state index contributed by atoms with van der Waals surface area (Å²) in [4.78, 5) is 26.9. The van der Waals surface area contributed by atoms with Crippen LogP contribution in [0.3, 0.4) is 0 Å². The zero-order valence-electron chi connectivity index (χ0n) is 17.5. The highest BCUT2D eigenvalue weighted by Crippen LogP contribution is 2.27. The van der Waals surface area contributed by atoms with Crippen molar-refractivity contribution >= 4 is 28.5 Å². The third-order valence-corrected chi connectivity index (χ3v) is 4.85. The Labute approximate surface area is 170 Å². The summed E-state index contributed by atoms with van der Waals surface area (Å²) in [5.74, 6) is -0.424. The first kappa shape index (κ1) is 20.6. The van der Waals surface area contributed by atoms with E-state index >= 15 is 0 Å². The molecule has 0 aliphatic rings. The van der Waals surface area contributed by atoms with Crippen LogP contribution in [-0.2, 0) is 16.1 Å². The van der Waals surface area contributed by atoms with Crippen LogP contribution in [-0.4, -0.2) is 37.4 Å². The van der Waals surface area contributed by atoms with E-state index in [0.717, 1.165) is 27.8 Å². The molecular weight excluding hydrogens is 368 g/mol. The Balaban J connectivity index is 1.78. The summed E-state index contributed by atoms with van der Waals surface area (Å²) in [7, 11) is 3.15. The lowest BCUT2D eigenvalue weighted by Gasteiger charge is -2.18. The highest BCUT2D eigenvalue weighted by molar-refractivity contribution is 6.02. The van der Waals surface area contributed by atoms with Gasteiger partial charge in [-0.1, -0.05) is 35.9 Å². The van der Waals surface area contributed by atoms with Gasteiger partial charge in [0.15, 0.2) is 5.76 Å². The molecule has 0 aliphatic carbocycles. The summed E-state index contributed by atoms with van der Waals surface area (Å²) in [6.45, 7) is 6.09. The molecule has 0 spiro atoms. The number of methoxy groups -OCH3 is 1. The molecule has 6 heteroatoms. The number of ether oxygens (including phenoxy) is 1. The third kappa shape index (κ3) is 4.32. The number of anilines is 1. The second-order valence-corrected chi connectivity index (χ2v) is 7.32. The number of hydrogen-bond donors (Lipinski definition) is 1. The highest BCUT2D eigenvalue weighted by atomic mass is 16.5. The molecule has 0 saturated carbocycles. The Bertz CT molecular complexity index is 1040. The summed E-state index contributed by atoms with van der Waals surface area (Å²) in [6.07, 6.45) is 0. The average molecular weight is 394 g/mol. The number of rotatable bonds is 6. The lowest BCUT2D eigenvalue weighted by molar-refractivity contribution is -0.116. The van der Waals surface area contributed by atoms with Gasteiger partial charge in [0.05, 0.1) is 13.2 Å². The topological polar surface area (TPSA) is 71.8 Å². The molecule has 1 heterocycles. The minimum absolute atomic E-state index is 0.0882. The van der Waals surface area contributed by atoms with Crippen molar-refractivity contribution in [2.75, 3.05) is 26.0 Å². The molecule has 0 aliphatic heterocycles. The molecule has 6 nitrogen and oxygen atoms in total. The number of aryl methyl sites for hydroxylation is 3. The van der Waals surface area contributed by atoms with E-state index in [9.17, 15) is 9.59 Å². The Morgan fingerprint density at radius 3 is 2.41 bits per heavy atom. The fourth-order valence-corrected chi connectivity index (χ4v) is 3.58. The number of fused-ring (bicyclic) bond motifs is 1. The zero-order chi connectivity index (χ0) is 21.1. The van der Waals surface area contributed by atoms with Crippen molar-refractivity contribution in [3.05, 3.63) is 64.4 Å². The number of carbonyl (C=O) groups excluding carboxylic acids is 2. The van der Waals surface area contributed by atoms with E-state index in [0.29, 0.717) is 11.1 Å². The van der Waals surface area contributed by atoms with Crippen LogP contribution < -0.4 is 5.32 Å². The molecule has 29 heavy (non-hydrogen) atoms. The van der Waals surface area contributed by atoms with Gasteiger partial charge < -0.3 is 19.4 Å². The summed E-state index contributed by atoms with van der Waals surface area (Å²) >= 11 is 0. The van der Waals surface area contributed by atoms with E-state index in [4.69, 9.17) is 9.15 Å². The first-order chi connectivity index (χ1) is 13.8. The Morgan fingerprint density at radius 1 is 1.10 bits per heavy atom. The molecule has 1 aromatic heterocycles. The van der Waals surface area contributed by atoms with Gasteiger partial charge >= 0.3 is 0 Å². The fourth-order valence-electron chi connectivity index (χ4n) is 3.58. The second kappa shape index (κ2) is 8.49. The number of likely N-dealkylation sites (N-methyl/N-ethyl adjacent to an activating group) is 1. The number of furan rings is 1. The van der Waals surface area contributed by atoms with E-state index < -0.39 is 0 Å². The van der Waals surface area contributed by atoms with Crippen LogP contribution in [0.15, 0.2) is 40.8 Å². The van der Waals surface area contributed by atoms with Crippen molar-refractivity contribution in [1.29, 1.82) is 0 Å². The third-order valence-electron chi connectivity index (χ3n) is 4.85. The van der Waals surface area contributed by atoms with Gasteiger partial charge in [-0.05, 0) is 38.0 Å². The summed E-state index contributed by atoms with van der Waals surface area (Å²) in [6, 6.07) is 11.5. The van der Waals surface area contributed by atoms with Crippen molar-refractivity contribution in [3.8, 4) is 0 Å². The maximum atomic E-state index is 13.0. The predicted molar refractivity (Wildman–Crippen MR) is 113 cm³/mol. The van der Waals surface area contributed by atoms with E-state index in [1.807, 2.05) is 51.1 Å². The van der Waals surface area contributed by atoms with Crippen LogP contribution in [0.4, 0.5) is 5.69 Å². The van der Waals surface area contributed by atoms with Crippen molar-refractivity contribution in [1.82, 2.24) is 4.90 Å². The summed E-state index contributed by atoms with van der Waals surface area (Å²) in [5.41, 5.74) is 5.21. The molecule has 2 aromatic carbocycles. The van der Waals surface area contributed by atoms with Crippen molar-refractivity contribution in [3.63, 3.8) is 0 Å². The molecular formula is C23H26N2O4. The van der Waals surface area contributed by atoms with Crippen LogP contribution >= 0.6 is 0 Å². The Kier molecular flexibility index (Phi) is 6.03. The second-order valence-electron chi connectivity index (χ2n) is 7.32. The normalized spacial score (nSPS) is 10.9. The number of benzene rings is 2. The standard InChI is InChI=1S/C23H26N2O4/c1-14-10-15(2)21(16(3)11-14)24-20(26)12-25(4)23(27)22-18(13-28-5)17-8-6-7-9-19(17)29-22/h6-11H,12-13H2,1-5H3,(H,24,26). The SMILES string of the molecule is COCc1c(C(=O)N(C)CC(=O)Nc2c(C)cc(C)cc2C)oc2ccccc12. The minimum Gasteiger partial charge on any atom is -0.451 e. The van der Waals surface area contributed by atoms with Gasteiger partial charge in [0.1, 0.15) is 5.58 Å². The monoisotopic (exact) mass is 394 g/mol. The smallest absolute Gasteiger partial charge is 0.290 e. The Hall–Kier alpha value is -3.12. The molecule has 0 fully saturated rings. The van der Waals surface area contributed by atoms with Crippen LogP contribution in [0, 0.1) is 20.8 Å². The van der Waals surface area contributed by atoms with Gasteiger partial charge in [-0.3, -0.25) is 9.59 Å². The molecule has 0 atom stereocenters. The van der Waals surface area contributed by atoms with Gasteiger partial charge in [-0.2, -0.15) is 0 Å². The molecule has 3 aromatic rings. The fraction of sp³-hybridized carbons (Fsp3) is 0.304. The minimum atomic E-state index is -0.360. The molecule has 3 rings (SSSR count). The predicted octanol–water partition coefficient (Wildman–Crippen LogP) is 4.22. The van der Waals surface area contributed by atoms with Gasteiger partial charge in [0.2, 0.25) is 5.91 Å². The van der Waals surface area contributed by atoms with Crippen molar-refractivity contribution < 1.29 is 18.7 Å². The molecule has 0 unspecified atom stereocenters. The number of nitrogens with zero attached hydrogens (tertiary/aromatic N) is 1. The average Bonchev–Trinajstić information content (AvgIpc) is 3.03. The Morgan fingerprint density at radius 2 is 1.76 bits per heavy atom. The largest absolute Gasteiger partial charge is 0.451 e. The van der Waals surface area contributed by atoms with Gasteiger partial charge in [-0.15, -0.1) is 0 Å². The van der Waals surface area contributed by atoms with Crippen LogP contribution in [0.25, 0.3) is 11.0 Å². The number of nitrogens with one attached hydrogen (secondary N) is 1. The lowest BCUT2D eigenvalue weighted by Crippen LogP contribution is -2.35. The number of hydrogen-bond acceptors (Lipinski definition) is 4. The van der Waals surface area contributed by atoms with E-state index in [2.05, 4.69) is 5.32 Å². The quantitative estimate of drug-likeness (QED) is 0.680. The molecule has 152 valence electrons. The van der Waals surface area contributed by atoms with E-state index in [1.165, 1.54) is 4.90 Å². The molecule has 2 amide bonds. The van der Waals surface area contributed by atoms with Crippen molar-refractivity contribution in [2.24, 2.45) is 0 Å². The first-order valence-corrected chi connectivity index (χ1v) is 9.44. The van der Waals surface area contributed by atoms with Gasteiger partial charge in [0, 0.05) is 30.8 Å². The van der Waals surface area contributed by atoms with E-state index in [-0.39, 0.29) is 30.7 Å². The number of para-hydroxylation sites is 1. The summed E-state index contributed by atoms with van der Waals surface area (Å²) < 4.78 is 11.0. The first-order valence-electron chi connectivity index (χ1n) is 9.44. The van der Waals surface area contributed by atoms with Crippen LogP contribution in [0.5, 0.6) is 0 Å². The maximum absolute atomic E-state index is 13.0. The highest BCUT2D eigenvalue weighted by Gasteiger charge is 2.24. The molecule has 1 N–H and O–H groups in total. The molecule has 0 radical (unpaired) electrons. The van der Waals surface area contributed by atoms with Crippen molar-refractivity contribution in [2.45, 2.75) is 27.4 Å². The van der Waals surface area contributed by atoms with E-state index in [1.54, 1.807) is 20.2 Å². The number of carbonyl (C=O) groups is 2. The lowest BCUT2D eigenvalue weighted by atomic mass is 10.1. The zero-order valence-corrected chi connectivity index (χ0v) is 17.5. The molecule has 0 saturated heterocycles. The molecule has 0 bridgehead atoms. The van der Waals surface area contributed by atoms with Gasteiger partial charge in [0.25, 0.3) is 5.91 Å². The van der Waals surface area contributed by atoms with Gasteiger partial charge in [-0.25, -0.2) is 0 Å². The number of amides is 2. The van der Waals surface area contributed by atoms with Crippen LogP contribution in [0.2, 0.25) is 0 Å². The maximum Gasteiger partial charge on any atom is 0.290 e. The summed E-state index contributed by atoms with van der Waals surface area (Å²) in [5, 5.41) is 3.76. The van der Waals surface area contributed by atoms with Crippen LogP contribution in [0.1, 0.15) is 32.8 Å².